The van der Waals surface area contributed by atoms with Crippen LogP contribution in [-0.4, -0.2) is 33.4 Å². The van der Waals surface area contributed by atoms with E-state index in [-0.39, 0.29) is 11.0 Å². The minimum atomic E-state index is -4.45. The van der Waals surface area contributed by atoms with Gasteiger partial charge in [-0.1, -0.05) is 0 Å². The number of nitrogens with one attached hydrogen (secondary N) is 2. The van der Waals surface area contributed by atoms with Crippen molar-refractivity contribution in [2.75, 3.05) is 38.7 Å². The maximum atomic E-state index is 12.7. The summed E-state index contributed by atoms with van der Waals surface area (Å²) in [6.45, 7) is 2.89. The number of halogens is 3. The summed E-state index contributed by atoms with van der Waals surface area (Å²) in [5, 5.41) is 15.5. The maximum Gasteiger partial charge on any atom is 0.416 e. The fourth-order valence-electron chi connectivity index (χ4n) is 2.89. The first-order valence-electron chi connectivity index (χ1n) is 7.45. The van der Waals surface area contributed by atoms with Gasteiger partial charge >= 0.3 is 6.18 Å². The molecule has 0 atom stereocenters. The predicted molar refractivity (Wildman–Crippen MR) is 81.1 cm³/mol. The van der Waals surface area contributed by atoms with E-state index in [2.05, 4.69) is 10.6 Å². The Hall–Kier alpha value is -1.78. The Morgan fingerprint density at radius 2 is 2.04 bits per heavy atom. The Balaban J connectivity index is 2.14. The van der Waals surface area contributed by atoms with Gasteiger partial charge in [0.05, 0.1) is 23.4 Å². The second kappa shape index (κ2) is 7.20. The van der Waals surface area contributed by atoms with E-state index in [0.717, 1.165) is 38.1 Å². The normalized spacial score (nSPS) is 17.5. The summed E-state index contributed by atoms with van der Waals surface area (Å²) in [7, 11) is 1.64. The van der Waals surface area contributed by atoms with Crippen molar-refractivity contribution in [1.29, 1.82) is 5.26 Å². The van der Waals surface area contributed by atoms with Gasteiger partial charge in [0.25, 0.3) is 0 Å². The molecule has 4 nitrogen and oxygen atoms in total. The molecule has 0 aromatic heterocycles. The Kier molecular flexibility index (Phi) is 5.50. The van der Waals surface area contributed by atoms with Crippen molar-refractivity contribution >= 4 is 5.69 Å². The van der Waals surface area contributed by atoms with E-state index < -0.39 is 11.7 Å². The molecule has 0 amide bonds. The molecule has 1 aromatic carbocycles. The lowest BCUT2D eigenvalue weighted by molar-refractivity contribution is -0.137. The zero-order chi connectivity index (χ0) is 16.9. The van der Waals surface area contributed by atoms with Gasteiger partial charge in [0, 0.05) is 19.1 Å². The van der Waals surface area contributed by atoms with Crippen molar-refractivity contribution in [2.45, 2.75) is 19.0 Å². The van der Waals surface area contributed by atoms with Crippen LogP contribution in [0.3, 0.4) is 0 Å². The van der Waals surface area contributed by atoms with Crippen LogP contribution < -0.4 is 10.6 Å². The first kappa shape index (κ1) is 17.6. The Morgan fingerprint density at radius 1 is 1.35 bits per heavy atom. The van der Waals surface area contributed by atoms with E-state index in [0.29, 0.717) is 18.8 Å². The second-order valence-corrected chi connectivity index (χ2v) is 5.91. The van der Waals surface area contributed by atoms with Crippen molar-refractivity contribution in [2.24, 2.45) is 5.41 Å². The minimum absolute atomic E-state index is 0.00123. The van der Waals surface area contributed by atoms with Crippen molar-refractivity contribution in [3.8, 4) is 6.07 Å². The third-order valence-corrected chi connectivity index (χ3v) is 4.24. The highest BCUT2D eigenvalue weighted by Gasteiger charge is 2.33. The average molecular weight is 327 g/mol. The molecule has 0 bridgehead atoms. The van der Waals surface area contributed by atoms with Gasteiger partial charge in [-0.05, 0) is 44.1 Å². The summed E-state index contributed by atoms with van der Waals surface area (Å²) >= 11 is 0. The van der Waals surface area contributed by atoms with E-state index in [4.69, 9.17) is 10.00 Å². The topological polar surface area (TPSA) is 57.1 Å². The lowest BCUT2D eigenvalue weighted by Crippen LogP contribution is -2.44. The number of benzene rings is 1. The molecule has 0 unspecified atom stereocenters. The molecule has 1 aromatic rings. The number of piperidine rings is 1. The molecule has 23 heavy (non-hydrogen) atoms. The fraction of sp³-hybridized carbons (Fsp3) is 0.562. The minimum Gasteiger partial charge on any atom is -0.384 e. The highest BCUT2D eigenvalue weighted by Crippen LogP contribution is 2.33. The molecule has 1 fully saturated rings. The number of hydrogen-bond acceptors (Lipinski definition) is 4. The summed E-state index contributed by atoms with van der Waals surface area (Å²) in [6, 6.07) is 5.03. The smallest absolute Gasteiger partial charge is 0.384 e. The molecule has 7 heteroatoms. The van der Waals surface area contributed by atoms with Gasteiger partial charge in [-0.25, -0.2) is 0 Å². The first-order chi connectivity index (χ1) is 10.9. The van der Waals surface area contributed by atoms with Crippen LogP contribution in [0.5, 0.6) is 0 Å². The zero-order valence-corrected chi connectivity index (χ0v) is 13.0. The van der Waals surface area contributed by atoms with E-state index in [1.165, 1.54) is 6.07 Å². The van der Waals surface area contributed by atoms with Crippen LogP contribution in [0.1, 0.15) is 24.0 Å². The molecule has 1 heterocycles. The van der Waals surface area contributed by atoms with Gasteiger partial charge in [-0.15, -0.1) is 0 Å². The fourth-order valence-corrected chi connectivity index (χ4v) is 2.89. The van der Waals surface area contributed by atoms with E-state index in [1.807, 2.05) is 6.07 Å². The van der Waals surface area contributed by atoms with E-state index >= 15 is 0 Å². The number of hydrogen-bond donors (Lipinski definition) is 2. The van der Waals surface area contributed by atoms with Crippen LogP contribution in [-0.2, 0) is 10.9 Å². The van der Waals surface area contributed by atoms with Gasteiger partial charge in [-0.3, -0.25) is 0 Å². The van der Waals surface area contributed by atoms with Gasteiger partial charge in [0.15, 0.2) is 0 Å². The van der Waals surface area contributed by atoms with Crippen LogP contribution >= 0.6 is 0 Å². The summed E-state index contributed by atoms with van der Waals surface area (Å²) in [4.78, 5) is 0. The summed E-state index contributed by atoms with van der Waals surface area (Å²) in [6.07, 6.45) is -2.62. The molecular formula is C16H20F3N3O. The molecule has 2 N–H and O–H groups in total. The molecule has 0 aliphatic carbocycles. The number of anilines is 1. The van der Waals surface area contributed by atoms with Crippen LogP contribution in [0.2, 0.25) is 0 Å². The Labute approximate surface area is 133 Å². The molecule has 1 saturated heterocycles. The van der Waals surface area contributed by atoms with Gasteiger partial charge in [0.1, 0.15) is 6.07 Å². The van der Waals surface area contributed by atoms with Crippen LogP contribution in [0.4, 0.5) is 18.9 Å². The number of ether oxygens (including phenoxy) is 1. The summed E-state index contributed by atoms with van der Waals surface area (Å²) in [5.74, 6) is 0. The molecule has 1 aliphatic heterocycles. The monoisotopic (exact) mass is 327 g/mol. The van der Waals surface area contributed by atoms with Gasteiger partial charge in [0.2, 0.25) is 0 Å². The highest BCUT2D eigenvalue weighted by atomic mass is 19.4. The SMILES string of the molecule is COCC1(CNc2ccc(C(F)(F)F)cc2C#N)CCNCC1. The quantitative estimate of drug-likeness (QED) is 0.873. The lowest BCUT2D eigenvalue weighted by atomic mass is 9.79. The molecule has 0 spiro atoms. The van der Waals surface area contributed by atoms with Crippen LogP contribution in [0.25, 0.3) is 0 Å². The van der Waals surface area contributed by atoms with Crippen molar-refractivity contribution in [1.82, 2.24) is 5.32 Å². The third kappa shape index (κ3) is 4.36. The first-order valence-corrected chi connectivity index (χ1v) is 7.45. The molecule has 126 valence electrons. The third-order valence-electron chi connectivity index (χ3n) is 4.24. The maximum absolute atomic E-state index is 12.7. The van der Waals surface area contributed by atoms with Gasteiger partial charge in [-0.2, -0.15) is 18.4 Å². The van der Waals surface area contributed by atoms with Crippen molar-refractivity contribution in [3.63, 3.8) is 0 Å². The van der Waals surface area contributed by atoms with E-state index in [1.54, 1.807) is 7.11 Å². The standard InChI is InChI=1S/C16H20F3N3O/c1-23-11-15(4-6-21-7-5-15)10-22-14-3-2-13(16(17,18)19)8-12(14)9-20/h2-3,8,21-22H,4-7,10-11H2,1H3. The van der Waals surface area contributed by atoms with Crippen LogP contribution in [0, 0.1) is 16.7 Å². The average Bonchev–Trinajstić information content (AvgIpc) is 2.53. The molecule has 0 radical (unpaired) electrons. The largest absolute Gasteiger partial charge is 0.416 e. The molecule has 1 aliphatic rings. The van der Waals surface area contributed by atoms with Crippen molar-refractivity contribution in [3.05, 3.63) is 29.3 Å². The number of nitrogens with zero attached hydrogens (tertiary/aromatic N) is 1. The zero-order valence-electron chi connectivity index (χ0n) is 13.0. The molecule has 0 saturated carbocycles. The summed E-state index contributed by atoms with van der Waals surface area (Å²) in [5.41, 5.74) is -0.459. The number of alkyl halides is 3. The number of nitriles is 1. The number of rotatable bonds is 5. The second-order valence-electron chi connectivity index (χ2n) is 5.91. The molecular weight excluding hydrogens is 307 g/mol. The Bertz CT molecular complexity index is 569. The van der Waals surface area contributed by atoms with Gasteiger partial charge < -0.3 is 15.4 Å². The molecule has 2 rings (SSSR count). The Morgan fingerprint density at radius 3 is 2.61 bits per heavy atom. The lowest BCUT2D eigenvalue weighted by Gasteiger charge is -2.37. The summed E-state index contributed by atoms with van der Waals surface area (Å²) < 4.78 is 43.5. The van der Waals surface area contributed by atoms with Crippen molar-refractivity contribution < 1.29 is 17.9 Å². The van der Waals surface area contributed by atoms with E-state index in [9.17, 15) is 13.2 Å². The predicted octanol–water partition coefficient (Wildman–Crippen LogP) is 3.01. The van der Waals surface area contributed by atoms with Crippen LogP contribution in [0.15, 0.2) is 18.2 Å². The number of methoxy groups -OCH3 is 1. The highest BCUT2D eigenvalue weighted by molar-refractivity contribution is 5.59.